The summed E-state index contributed by atoms with van der Waals surface area (Å²) in [6.45, 7) is 1.48. The molecule has 16 heavy (non-hydrogen) atoms. The lowest BCUT2D eigenvalue weighted by Gasteiger charge is -2.16. The molecular formula is C11H17N3O2. The summed E-state index contributed by atoms with van der Waals surface area (Å²) in [4.78, 5) is 27.3. The van der Waals surface area contributed by atoms with Crippen molar-refractivity contribution in [1.29, 1.82) is 0 Å². The molecule has 0 radical (unpaired) electrons. The molecule has 1 aromatic heterocycles. The third-order valence-corrected chi connectivity index (χ3v) is 2.32. The molecule has 0 aliphatic heterocycles. The SMILES string of the molecule is CNCCCN(C)C(=O)c1ccc[nH]c1=O. The van der Waals surface area contributed by atoms with Crippen molar-refractivity contribution in [2.45, 2.75) is 6.42 Å². The molecule has 5 heteroatoms. The van der Waals surface area contributed by atoms with Crippen LogP contribution in [-0.4, -0.2) is 43.0 Å². The third kappa shape index (κ3) is 3.20. The van der Waals surface area contributed by atoms with Crippen molar-refractivity contribution in [2.75, 3.05) is 27.2 Å². The summed E-state index contributed by atoms with van der Waals surface area (Å²) in [5.41, 5.74) is -0.151. The molecule has 0 fully saturated rings. The Morgan fingerprint density at radius 1 is 1.56 bits per heavy atom. The van der Waals surface area contributed by atoms with E-state index in [0.29, 0.717) is 6.54 Å². The summed E-state index contributed by atoms with van der Waals surface area (Å²) in [6.07, 6.45) is 2.38. The standard InChI is InChI=1S/C11H17N3O2/c1-12-6-4-8-14(2)11(16)9-5-3-7-13-10(9)15/h3,5,7,12H,4,6,8H2,1-2H3,(H,13,15). The number of nitrogens with one attached hydrogen (secondary N) is 2. The highest BCUT2D eigenvalue weighted by molar-refractivity contribution is 5.93. The monoisotopic (exact) mass is 223 g/mol. The molecule has 1 amide bonds. The number of carbonyl (C=O) groups excluding carboxylic acids is 1. The summed E-state index contributed by atoms with van der Waals surface area (Å²) in [7, 11) is 3.56. The van der Waals surface area contributed by atoms with Crippen molar-refractivity contribution in [1.82, 2.24) is 15.2 Å². The minimum Gasteiger partial charge on any atom is -0.341 e. The lowest BCUT2D eigenvalue weighted by atomic mass is 10.2. The third-order valence-electron chi connectivity index (χ3n) is 2.32. The van der Waals surface area contributed by atoms with Crippen LogP contribution in [0, 0.1) is 0 Å². The Labute approximate surface area is 94.5 Å². The van der Waals surface area contributed by atoms with E-state index in [2.05, 4.69) is 10.3 Å². The van der Waals surface area contributed by atoms with Crippen LogP contribution < -0.4 is 10.9 Å². The highest BCUT2D eigenvalue weighted by Crippen LogP contribution is 1.97. The fourth-order valence-corrected chi connectivity index (χ4v) is 1.39. The lowest BCUT2D eigenvalue weighted by Crippen LogP contribution is -2.33. The number of nitrogens with zero attached hydrogens (tertiary/aromatic N) is 1. The van der Waals surface area contributed by atoms with Crippen molar-refractivity contribution < 1.29 is 4.79 Å². The molecule has 0 aliphatic rings. The quantitative estimate of drug-likeness (QED) is 0.694. The van der Waals surface area contributed by atoms with Gasteiger partial charge in [-0.3, -0.25) is 9.59 Å². The number of rotatable bonds is 5. The van der Waals surface area contributed by atoms with Crippen molar-refractivity contribution in [2.24, 2.45) is 0 Å². The van der Waals surface area contributed by atoms with Gasteiger partial charge in [-0.2, -0.15) is 0 Å². The fourth-order valence-electron chi connectivity index (χ4n) is 1.39. The first-order chi connectivity index (χ1) is 7.66. The summed E-state index contributed by atoms with van der Waals surface area (Å²) in [6, 6.07) is 3.19. The maximum Gasteiger partial charge on any atom is 0.260 e. The Balaban J connectivity index is 2.64. The number of H-pyrrole nitrogens is 1. The number of amides is 1. The molecular weight excluding hydrogens is 206 g/mol. The van der Waals surface area contributed by atoms with E-state index in [-0.39, 0.29) is 17.0 Å². The molecule has 0 aliphatic carbocycles. The van der Waals surface area contributed by atoms with E-state index in [0.717, 1.165) is 13.0 Å². The average Bonchev–Trinajstić information content (AvgIpc) is 2.29. The Bertz CT molecular complexity index is 400. The van der Waals surface area contributed by atoms with Crippen LogP contribution in [0.5, 0.6) is 0 Å². The van der Waals surface area contributed by atoms with Gasteiger partial charge in [0.25, 0.3) is 11.5 Å². The number of carbonyl (C=O) groups is 1. The first-order valence-corrected chi connectivity index (χ1v) is 5.24. The molecule has 0 unspecified atom stereocenters. The summed E-state index contributed by atoms with van der Waals surface area (Å²) in [5.74, 6) is -0.238. The van der Waals surface area contributed by atoms with Crippen molar-refractivity contribution in [3.63, 3.8) is 0 Å². The van der Waals surface area contributed by atoms with Gasteiger partial charge in [-0.05, 0) is 32.1 Å². The zero-order valence-corrected chi connectivity index (χ0v) is 9.62. The lowest BCUT2D eigenvalue weighted by molar-refractivity contribution is 0.0792. The van der Waals surface area contributed by atoms with Gasteiger partial charge in [0, 0.05) is 19.8 Å². The molecule has 0 saturated heterocycles. The largest absolute Gasteiger partial charge is 0.341 e. The van der Waals surface area contributed by atoms with Gasteiger partial charge in [0.1, 0.15) is 5.56 Å². The van der Waals surface area contributed by atoms with E-state index < -0.39 is 0 Å². The predicted octanol–water partition coefficient (Wildman–Crippen LogP) is 0.0564. The second-order valence-electron chi connectivity index (χ2n) is 3.60. The first-order valence-electron chi connectivity index (χ1n) is 5.24. The van der Waals surface area contributed by atoms with Crippen LogP contribution in [-0.2, 0) is 0 Å². The van der Waals surface area contributed by atoms with Crippen molar-refractivity contribution in [3.05, 3.63) is 34.2 Å². The number of hydrogen-bond donors (Lipinski definition) is 2. The Kier molecular flexibility index (Phi) is 4.72. The number of aromatic nitrogens is 1. The second kappa shape index (κ2) is 6.07. The molecule has 0 bridgehead atoms. The Morgan fingerprint density at radius 2 is 2.31 bits per heavy atom. The minimum atomic E-state index is -0.340. The zero-order valence-electron chi connectivity index (χ0n) is 9.62. The molecule has 0 spiro atoms. The summed E-state index contributed by atoms with van der Waals surface area (Å²) in [5, 5.41) is 3.01. The Morgan fingerprint density at radius 3 is 2.94 bits per heavy atom. The van der Waals surface area contributed by atoms with E-state index in [9.17, 15) is 9.59 Å². The maximum atomic E-state index is 11.8. The highest BCUT2D eigenvalue weighted by Gasteiger charge is 2.13. The van der Waals surface area contributed by atoms with Gasteiger partial charge >= 0.3 is 0 Å². The van der Waals surface area contributed by atoms with Crippen LogP contribution in [0.3, 0.4) is 0 Å². The summed E-state index contributed by atoms with van der Waals surface area (Å²) >= 11 is 0. The van der Waals surface area contributed by atoms with Gasteiger partial charge in [0.15, 0.2) is 0 Å². The number of hydrogen-bond acceptors (Lipinski definition) is 3. The zero-order chi connectivity index (χ0) is 12.0. The van der Waals surface area contributed by atoms with Gasteiger partial charge in [-0.15, -0.1) is 0 Å². The predicted molar refractivity (Wildman–Crippen MR) is 62.6 cm³/mol. The smallest absolute Gasteiger partial charge is 0.260 e. The van der Waals surface area contributed by atoms with Crippen LogP contribution in [0.2, 0.25) is 0 Å². The average molecular weight is 223 g/mol. The molecule has 0 aromatic carbocycles. The second-order valence-corrected chi connectivity index (χ2v) is 3.60. The topological polar surface area (TPSA) is 65.2 Å². The van der Waals surface area contributed by atoms with Crippen LogP contribution in [0.15, 0.2) is 23.1 Å². The molecule has 0 saturated carbocycles. The maximum absolute atomic E-state index is 11.8. The van der Waals surface area contributed by atoms with Crippen LogP contribution in [0.25, 0.3) is 0 Å². The molecule has 5 nitrogen and oxygen atoms in total. The van der Waals surface area contributed by atoms with E-state index in [1.54, 1.807) is 18.0 Å². The highest BCUT2D eigenvalue weighted by atomic mass is 16.2. The molecule has 2 N–H and O–H groups in total. The van der Waals surface area contributed by atoms with Crippen LogP contribution >= 0.6 is 0 Å². The van der Waals surface area contributed by atoms with Gasteiger partial charge < -0.3 is 15.2 Å². The molecule has 1 aromatic rings. The van der Waals surface area contributed by atoms with E-state index in [1.807, 2.05) is 7.05 Å². The molecule has 0 atom stereocenters. The van der Waals surface area contributed by atoms with E-state index in [1.165, 1.54) is 12.3 Å². The van der Waals surface area contributed by atoms with Gasteiger partial charge in [-0.25, -0.2) is 0 Å². The molecule has 1 heterocycles. The molecule has 88 valence electrons. The Hall–Kier alpha value is -1.62. The van der Waals surface area contributed by atoms with E-state index >= 15 is 0 Å². The van der Waals surface area contributed by atoms with Gasteiger partial charge in [0.2, 0.25) is 0 Å². The normalized spacial score (nSPS) is 10.1. The van der Waals surface area contributed by atoms with Crippen molar-refractivity contribution >= 4 is 5.91 Å². The summed E-state index contributed by atoms with van der Waals surface area (Å²) < 4.78 is 0. The number of aromatic amines is 1. The van der Waals surface area contributed by atoms with Gasteiger partial charge in [-0.1, -0.05) is 0 Å². The fraction of sp³-hybridized carbons (Fsp3) is 0.455. The number of pyridine rings is 1. The minimum absolute atomic E-state index is 0.189. The van der Waals surface area contributed by atoms with Crippen LogP contribution in [0.1, 0.15) is 16.8 Å². The van der Waals surface area contributed by atoms with Gasteiger partial charge in [0.05, 0.1) is 0 Å². The van der Waals surface area contributed by atoms with Crippen molar-refractivity contribution in [3.8, 4) is 0 Å². The first kappa shape index (κ1) is 12.4. The van der Waals surface area contributed by atoms with Crippen LogP contribution in [0.4, 0.5) is 0 Å². The van der Waals surface area contributed by atoms with E-state index in [4.69, 9.17) is 0 Å². The molecule has 1 rings (SSSR count).